The van der Waals surface area contributed by atoms with Crippen molar-refractivity contribution in [2.24, 2.45) is 5.92 Å². The molecular formula is C19H23NO2. The summed E-state index contributed by atoms with van der Waals surface area (Å²) >= 11 is 0. The van der Waals surface area contributed by atoms with Crippen LogP contribution in [0.5, 0.6) is 5.75 Å². The molecule has 1 saturated heterocycles. The fourth-order valence-electron chi connectivity index (χ4n) is 3.14. The van der Waals surface area contributed by atoms with Crippen LogP contribution in [0, 0.1) is 5.92 Å². The Morgan fingerprint density at radius 3 is 2.77 bits per heavy atom. The van der Waals surface area contributed by atoms with Crippen LogP contribution in [0.15, 0.2) is 42.5 Å². The van der Waals surface area contributed by atoms with Crippen molar-refractivity contribution >= 4 is 16.7 Å². The van der Waals surface area contributed by atoms with Gasteiger partial charge in [-0.15, -0.1) is 0 Å². The predicted molar refractivity (Wildman–Crippen MR) is 89.0 cm³/mol. The summed E-state index contributed by atoms with van der Waals surface area (Å²) in [6, 6.07) is 14.1. The Morgan fingerprint density at radius 1 is 1.23 bits per heavy atom. The lowest BCUT2D eigenvalue weighted by Gasteiger charge is -2.32. The van der Waals surface area contributed by atoms with Crippen molar-refractivity contribution in [1.82, 2.24) is 4.90 Å². The molecule has 1 aliphatic rings. The van der Waals surface area contributed by atoms with Gasteiger partial charge in [0.05, 0.1) is 0 Å². The van der Waals surface area contributed by atoms with Gasteiger partial charge in [-0.25, -0.2) is 0 Å². The third-order valence-electron chi connectivity index (χ3n) is 4.35. The summed E-state index contributed by atoms with van der Waals surface area (Å²) in [7, 11) is 0. The van der Waals surface area contributed by atoms with Crippen molar-refractivity contribution in [3.8, 4) is 5.75 Å². The van der Waals surface area contributed by atoms with E-state index < -0.39 is 6.10 Å². The van der Waals surface area contributed by atoms with E-state index >= 15 is 0 Å². The number of hydrogen-bond acceptors (Lipinski definition) is 2. The van der Waals surface area contributed by atoms with Crippen LogP contribution >= 0.6 is 0 Å². The Hall–Kier alpha value is -2.03. The number of carbonyl (C=O) groups is 1. The summed E-state index contributed by atoms with van der Waals surface area (Å²) in [5, 5.41) is 2.31. The van der Waals surface area contributed by atoms with Crippen LogP contribution in [0.1, 0.15) is 26.7 Å². The van der Waals surface area contributed by atoms with E-state index in [0.717, 1.165) is 30.6 Å². The lowest BCUT2D eigenvalue weighted by molar-refractivity contribution is -0.139. The normalized spacial score (nSPS) is 19.9. The van der Waals surface area contributed by atoms with Crippen molar-refractivity contribution in [3.05, 3.63) is 42.5 Å². The number of piperidine rings is 1. The molecule has 2 aromatic rings. The number of fused-ring (bicyclic) bond motifs is 1. The SMILES string of the molecule is C[C@H]1CCCN(C(=O)[C@@H](C)Oc2ccc3ccccc3c2)C1. The minimum Gasteiger partial charge on any atom is -0.481 e. The molecule has 1 fully saturated rings. The third-order valence-corrected chi connectivity index (χ3v) is 4.35. The minimum atomic E-state index is -0.438. The average Bonchev–Trinajstić information content (AvgIpc) is 2.54. The lowest BCUT2D eigenvalue weighted by Crippen LogP contribution is -2.45. The Labute approximate surface area is 131 Å². The van der Waals surface area contributed by atoms with Gasteiger partial charge in [0.15, 0.2) is 6.10 Å². The standard InChI is InChI=1S/C19H23NO2/c1-14-6-5-11-20(13-14)19(21)15(2)22-18-10-9-16-7-3-4-8-17(16)12-18/h3-4,7-10,12,14-15H,5-6,11,13H2,1-2H3/t14-,15+/m0/s1. The zero-order chi connectivity index (χ0) is 15.5. The molecule has 1 amide bonds. The molecule has 1 heterocycles. The fraction of sp³-hybridized carbons (Fsp3) is 0.421. The molecule has 0 N–H and O–H groups in total. The van der Waals surface area contributed by atoms with E-state index in [1.807, 2.05) is 42.2 Å². The molecule has 3 rings (SSSR count). The second kappa shape index (κ2) is 6.39. The van der Waals surface area contributed by atoms with E-state index in [4.69, 9.17) is 4.74 Å². The number of ether oxygens (including phenoxy) is 1. The summed E-state index contributed by atoms with van der Waals surface area (Å²) in [5.74, 6) is 1.44. The van der Waals surface area contributed by atoms with Gasteiger partial charge in [-0.1, -0.05) is 37.3 Å². The molecule has 22 heavy (non-hydrogen) atoms. The first-order valence-corrected chi connectivity index (χ1v) is 8.08. The van der Waals surface area contributed by atoms with Crippen molar-refractivity contribution in [3.63, 3.8) is 0 Å². The van der Waals surface area contributed by atoms with Crippen molar-refractivity contribution in [1.29, 1.82) is 0 Å². The zero-order valence-electron chi connectivity index (χ0n) is 13.3. The van der Waals surface area contributed by atoms with E-state index in [2.05, 4.69) is 19.1 Å². The lowest BCUT2D eigenvalue weighted by atomic mass is 10.00. The molecular weight excluding hydrogens is 274 g/mol. The highest BCUT2D eigenvalue weighted by Gasteiger charge is 2.26. The summed E-state index contributed by atoms with van der Waals surface area (Å²) in [6.45, 7) is 5.75. The van der Waals surface area contributed by atoms with E-state index in [9.17, 15) is 4.79 Å². The van der Waals surface area contributed by atoms with Gasteiger partial charge in [0.1, 0.15) is 5.75 Å². The molecule has 0 unspecified atom stereocenters. The van der Waals surface area contributed by atoms with E-state index in [0.29, 0.717) is 5.92 Å². The molecule has 0 saturated carbocycles. The molecule has 0 aliphatic carbocycles. The monoisotopic (exact) mass is 297 g/mol. The van der Waals surface area contributed by atoms with Gasteiger partial charge < -0.3 is 9.64 Å². The highest BCUT2D eigenvalue weighted by molar-refractivity contribution is 5.84. The van der Waals surface area contributed by atoms with Gasteiger partial charge in [-0.3, -0.25) is 4.79 Å². The predicted octanol–water partition coefficient (Wildman–Crippen LogP) is 3.87. The van der Waals surface area contributed by atoms with Crippen molar-refractivity contribution in [2.45, 2.75) is 32.8 Å². The van der Waals surface area contributed by atoms with E-state index in [1.54, 1.807) is 0 Å². The first-order valence-electron chi connectivity index (χ1n) is 8.08. The van der Waals surface area contributed by atoms with Crippen LogP contribution in [-0.4, -0.2) is 30.0 Å². The number of benzene rings is 2. The second-order valence-corrected chi connectivity index (χ2v) is 6.30. The van der Waals surface area contributed by atoms with Gasteiger partial charge in [0.2, 0.25) is 0 Å². The fourth-order valence-corrected chi connectivity index (χ4v) is 3.14. The number of nitrogens with zero attached hydrogens (tertiary/aromatic N) is 1. The Morgan fingerprint density at radius 2 is 2.00 bits per heavy atom. The largest absolute Gasteiger partial charge is 0.481 e. The second-order valence-electron chi connectivity index (χ2n) is 6.30. The number of rotatable bonds is 3. The summed E-state index contributed by atoms with van der Waals surface area (Å²) in [5.41, 5.74) is 0. The maximum Gasteiger partial charge on any atom is 0.263 e. The molecule has 0 aromatic heterocycles. The molecule has 3 heteroatoms. The summed E-state index contributed by atoms with van der Waals surface area (Å²) < 4.78 is 5.88. The summed E-state index contributed by atoms with van der Waals surface area (Å²) in [4.78, 5) is 14.5. The quantitative estimate of drug-likeness (QED) is 0.861. The van der Waals surface area contributed by atoms with Crippen molar-refractivity contribution < 1.29 is 9.53 Å². The van der Waals surface area contributed by atoms with Crippen LogP contribution in [0.3, 0.4) is 0 Å². The van der Waals surface area contributed by atoms with Gasteiger partial charge in [0, 0.05) is 13.1 Å². The maximum absolute atomic E-state index is 12.5. The van der Waals surface area contributed by atoms with Gasteiger partial charge >= 0.3 is 0 Å². The van der Waals surface area contributed by atoms with Gasteiger partial charge in [-0.05, 0) is 48.6 Å². The van der Waals surface area contributed by atoms with Crippen LogP contribution in [-0.2, 0) is 4.79 Å². The van der Waals surface area contributed by atoms with Crippen LogP contribution in [0.2, 0.25) is 0 Å². The first-order chi connectivity index (χ1) is 10.6. The van der Waals surface area contributed by atoms with E-state index in [1.165, 1.54) is 11.8 Å². The maximum atomic E-state index is 12.5. The van der Waals surface area contributed by atoms with Gasteiger partial charge in [0.25, 0.3) is 5.91 Å². The zero-order valence-corrected chi connectivity index (χ0v) is 13.3. The Balaban J connectivity index is 1.69. The Bertz CT molecular complexity index is 667. The van der Waals surface area contributed by atoms with E-state index in [-0.39, 0.29) is 5.91 Å². The first kappa shape index (κ1) is 14.9. The topological polar surface area (TPSA) is 29.5 Å². The molecule has 0 spiro atoms. The highest BCUT2D eigenvalue weighted by atomic mass is 16.5. The molecule has 1 aliphatic heterocycles. The number of hydrogen-bond donors (Lipinski definition) is 0. The average molecular weight is 297 g/mol. The Kier molecular flexibility index (Phi) is 4.32. The van der Waals surface area contributed by atoms with Gasteiger partial charge in [-0.2, -0.15) is 0 Å². The molecule has 2 aromatic carbocycles. The van der Waals surface area contributed by atoms with Crippen LogP contribution < -0.4 is 4.74 Å². The number of amides is 1. The number of carbonyl (C=O) groups excluding carboxylic acids is 1. The van der Waals surface area contributed by atoms with Crippen molar-refractivity contribution in [2.75, 3.05) is 13.1 Å². The smallest absolute Gasteiger partial charge is 0.263 e. The molecule has 0 bridgehead atoms. The summed E-state index contributed by atoms with van der Waals surface area (Å²) in [6.07, 6.45) is 1.87. The number of likely N-dealkylation sites (tertiary alicyclic amines) is 1. The third kappa shape index (κ3) is 3.24. The molecule has 3 nitrogen and oxygen atoms in total. The molecule has 2 atom stereocenters. The van der Waals surface area contributed by atoms with Crippen LogP contribution in [0.4, 0.5) is 0 Å². The van der Waals surface area contributed by atoms with Crippen LogP contribution in [0.25, 0.3) is 10.8 Å². The molecule has 116 valence electrons. The molecule has 0 radical (unpaired) electrons. The highest BCUT2D eigenvalue weighted by Crippen LogP contribution is 2.22. The minimum absolute atomic E-state index is 0.0970.